The van der Waals surface area contributed by atoms with Gasteiger partial charge < -0.3 is 5.73 Å². The van der Waals surface area contributed by atoms with Gasteiger partial charge in [0.2, 0.25) is 0 Å². The molecule has 0 aromatic heterocycles. The molecule has 0 amide bonds. The lowest BCUT2D eigenvalue weighted by Crippen LogP contribution is -2.56. The SMILES string of the molecule is CCN(C(C)(CC)CN)S(=O)(=O)NC. The molecule has 1 atom stereocenters. The quantitative estimate of drug-likeness (QED) is 0.660. The van der Waals surface area contributed by atoms with Crippen LogP contribution in [0, 0.1) is 0 Å². The first-order valence-corrected chi connectivity index (χ1v) is 6.23. The normalized spacial score (nSPS) is 17.0. The zero-order valence-corrected chi connectivity index (χ0v) is 10.2. The molecule has 1 unspecified atom stereocenters. The van der Waals surface area contributed by atoms with Crippen molar-refractivity contribution in [3.05, 3.63) is 0 Å². The minimum absolute atomic E-state index is 0.318. The van der Waals surface area contributed by atoms with Gasteiger partial charge in [0.05, 0.1) is 0 Å². The highest BCUT2D eigenvalue weighted by Crippen LogP contribution is 2.20. The Balaban J connectivity index is 5.07. The van der Waals surface area contributed by atoms with Crippen LogP contribution in [0.1, 0.15) is 27.2 Å². The molecule has 0 aromatic rings. The van der Waals surface area contributed by atoms with Crippen LogP contribution < -0.4 is 10.5 Å². The lowest BCUT2D eigenvalue weighted by atomic mass is 9.99. The number of hydrogen-bond donors (Lipinski definition) is 2. The third-order valence-electron chi connectivity index (χ3n) is 2.64. The molecule has 0 saturated carbocycles. The molecular formula is C8H21N3O2S. The number of likely N-dealkylation sites (N-methyl/N-ethyl adjacent to an activating group) is 1. The molecule has 5 nitrogen and oxygen atoms in total. The smallest absolute Gasteiger partial charge is 0.279 e. The number of nitrogens with two attached hydrogens (primary N) is 1. The van der Waals surface area contributed by atoms with E-state index in [9.17, 15) is 8.42 Å². The van der Waals surface area contributed by atoms with Crippen molar-refractivity contribution in [1.82, 2.24) is 9.03 Å². The largest absolute Gasteiger partial charge is 0.329 e. The number of rotatable bonds is 6. The average Bonchev–Trinajstić information content (AvgIpc) is 2.18. The monoisotopic (exact) mass is 223 g/mol. The van der Waals surface area contributed by atoms with E-state index in [0.29, 0.717) is 19.5 Å². The van der Waals surface area contributed by atoms with Gasteiger partial charge in [-0.2, -0.15) is 12.7 Å². The Bertz CT molecular complexity index is 260. The lowest BCUT2D eigenvalue weighted by Gasteiger charge is -2.37. The van der Waals surface area contributed by atoms with Crippen molar-refractivity contribution in [2.24, 2.45) is 5.73 Å². The summed E-state index contributed by atoms with van der Waals surface area (Å²) >= 11 is 0. The van der Waals surface area contributed by atoms with Gasteiger partial charge in [-0.25, -0.2) is 4.72 Å². The zero-order valence-electron chi connectivity index (χ0n) is 9.37. The summed E-state index contributed by atoms with van der Waals surface area (Å²) in [7, 11) is -1.98. The topological polar surface area (TPSA) is 75.4 Å². The second-order valence-corrected chi connectivity index (χ2v) is 5.23. The van der Waals surface area contributed by atoms with Crippen LogP contribution in [0.3, 0.4) is 0 Å². The molecule has 0 radical (unpaired) electrons. The summed E-state index contributed by atoms with van der Waals surface area (Å²) in [5.41, 5.74) is 5.11. The summed E-state index contributed by atoms with van der Waals surface area (Å²) in [4.78, 5) is 0. The van der Waals surface area contributed by atoms with Gasteiger partial charge in [0.1, 0.15) is 0 Å². The second kappa shape index (κ2) is 5.06. The fraction of sp³-hybridized carbons (Fsp3) is 1.00. The van der Waals surface area contributed by atoms with Crippen LogP contribution >= 0.6 is 0 Å². The molecule has 3 N–H and O–H groups in total. The number of nitrogens with zero attached hydrogens (tertiary/aromatic N) is 1. The molecule has 0 heterocycles. The van der Waals surface area contributed by atoms with Gasteiger partial charge in [0.15, 0.2) is 0 Å². The van der Waals surface area contributed by atoms with E-state index in [1.807, 2.05) is 13.8 Å². The minimum Gasteiger partial charge on any atom is -0.329 e. The van der Waals surface area contributed by atoms with Crippen LogP contribution in [0.5, 0.6) is 0 Å². The average molecular weight is 223 g/mol. The van der Waals surface area contributed by atoms with Crippen LogP contribution in [0.15, 0.2) is 0 Å². The highest BCUT2D eigenvalue weighted by molar-refractivity contribution is 7.87. The molecule has 0 bridgehead atoms. The van der Waals surface area contributed by atoms with Crippen LogP contribution in [-0.4, -0.2) is 38.4 Å². The molecule has 0 aliphatic carbocycles. The predicted octanol–water partition coefficient (Wildman–Crippen LogP) is -0.100. The fourth-order valence-corrected chi connectivity index (χ4v) is 2.72. The van der Waals surface area contributed by atoms with Gasteiger partial charge in [0, 0.05) is 25.7 Å². The van der Waals surface area contributed by atoms with Gasteiger partial charge in [-0.1, -0.05) is 13.8 Å². The maximum absolute atomic E-state index is 11.7. The van der Waals surface area contributed by atoms with E-state index in [1.54, 1.807) is 6.92 Å². The molecule has 14 heavy (non-hydrogen) atoms. The standard InChI is InChI=1S/C8H21N3O2S/c1-5-8(3,7-9)11(6-2)14(12,13)10-4/h10H,5-7,9H2,1-4H3. The molecule has 0 aliphatic heterocycles. The summed E-state index contributed by atoms with van der Waals surface area (Å²) in [6.45, 7) is 6.33. The van der Waals surface area contributed by atoms with Crippen molar-refractivity contribution in [3.63, 3.8) is 0 Å². The molecule has 0 aliphatic rings. The van der Waals surface area contributed by atoms with E-state index in [4.69, 9.17) is 5.73 Å². The first-order valence-electron chi connectivity index (χ1n) is 4.79. The van der Waals surface area contributed by atoms with E-state index >= 15 is 0 Å². The van der Waals surface area contributed by atoms with E-state index in [0.717, 1.165) is 0 Å². The molecule has 0 fully saturated rings. The molecule has 0 saturated heterocycles. The molecular weight excluding hydrogens is 202 g/mol. The van der Waals surface area contributed by atoms with Gasteiger partial charge in [-0.3, -0.25) is 0 Å². The first-order chi connectivity index (χ1) is 6.37. The van der Waals surface area contributed by atoms with Gasteiger partial charge in [-0.15, -0.1) is 0 Å². The van der Waals surface area contributed by atoms with Crippen LogP contribution in [0.2, 0.25) is 0 Å². The van der Waals surface area contributed by atoms with Crippen molar-refractivity contribution >= 4 is 10.2 Å². The Labute approximate surface area is 86.8 Å². The Morgan fingerprint density at radius 1 is 1.43 bits per heavy atom. The minimum atomic E-state index is -3.39. The summed E-state index contributed by atoms with van der Waals surface area (Å²) in [5, 5.41) is 0. The van der Waals surface area contributed by atoms with Crippen molar-refractivity contribution in [3.8, 4) is 0 Å². The highest BCUT2D eigenvalue weighted by atomic mass is 32.2. The summed E-state index contributed by atoms with van der Waals surface area (Å²) in [5.74, 6) is 0. The van der Waals surface area contributed by atoms with Crippen LogP contribution in [-0.2, 0) is 10.2 Å². The van der Waals surface area contributed by atoms with Gasteiger partial charge in [0.25, 0.3) is 10.2 Å². The molecule has 0 spiro atoms. The van der Waals surface area contributed by atoms with E-state index in [2.05, 4.69) is 4.72 Å². The summed E-state index contributed by atoms with van der Waals surface area (Å²) in [6.07, 6.45) is 0.693. The Morgan fingerprint density at radius 3 is 2.14 bits per heavy atom. The van der Waals surface area contributed by atoms with E-state index in [1.165, 1.54) is 11.4 Å². The third-order valence-corrected chi connectivity index (χ3v) is 4.43. The van der Waals surface area contributed by atoms with Crippen molar-refractivity contribution < 1.29 is 8.42 Å². The Morgan fingerprint density at radius 2 is 1.93 bits per heavy atom. The number of nitrogens with one attached hydrogen (secondary N) is 1. The third kappa shape index (κ3) is 2.66. The van der Waals surface area contributed by atoms with Crippen molar-refractivity contribution in [1.29, 1.82) is 0 Å². The number of hydrogen-bond acceptors (Lipinski definition) is 3. The molecule has 86 valence electrons. The summed E-state index contributed by atoms with van der Waals surface area (Å²) in [6, 6.07) is 0. The lowest BCUT2D eigenvalue weighted by molar-refractivity contribution is 0.212. The van der Waals surface area contributed by atoms with Crippen LogP contribution in [0.4, 0.5) is 0 Å². The van der Waals surface area contributed by atoms with E-state index < -0.39 is 15.7 Å². The van der Waals surface area contributed by atoms with Gasteiger partial charge in [-0.05, 0) is 13.3 Å². The Hall–Kier alpha value is -0.170. The predicted molar refractivity (Wildman–Crippen MR) is 58.1 cm³/mol. The molecule has 0 aromatic carbocycles. The van der Waals surface area contributed by atoms with Crippen LogP contribution in [0.25, 0.3) is 0 Å². The second-order valence-electron chi connectivity index (χ2n) is 3.43. The van der Waals surface area contributed by atoms with Crippen molar-refractivity contribution in [2.45, 2.75) is 32.7 Å². The summed E-state index contributed by atoms with van der Waals surface area (Å²) < 4.78 is 27.0. The Kier molecular flexibility index (Phi) is 5.00. The van der Waals surface area contributed by atoms with E-state index in [-0.39, 0.29) is 0 Å². The maximum Gasteiger partial charge on any atom is 0.279 e. The highest BCUT2D eigenvalue weighted by Gasteiger charge is 2.35. The maximum atomic E-state index is 11.7. The zero-order chi connectivity index (χ0) is 11.4. The molecule has 0 rings (SSSR count). The van der Waals surface area contributed by atoms with Crippen molar-refractivity contribution in [2.75, 3.05) is 20.1 Å². The fourth-order valence-electron chi connectivity index (χ4n) is 1.37. The first kappa shape index (κ1) is 13.8. The molecule has 6 heteroatoms. The van der Waals surface area contributed by atoms with Gasteiger partial charge >= 0.3 is 0 Å².